The van der Waals surface area contributed by atoms with E-state index in [0.717, 1.165) is 6.42 Å². The molecule has 0 bridgehead atoms. The molecule has 0 aliphatic rings. The number of carbonyl (C=O) groups is 2. The molecule has 0 radical (unpaired) electrons. The van der Waals surface area contributed by atoms with E-state index in [0.29, 0.717) is 17.9 Å². The SMILES string of the molecule is CC(C)CCC(=O)NCC(C(=O)O)c1ccccc1. The van der Waals surface area contributed by atoms with Crippen LogP contribution in [0, 0.1) is 5.92 Å². The standard InChI is InChI=1S/C15H21NO3/c1-11(2)8-9-14(17)16-10-13(15(18)19)12-6-4-3-5-7-12/h3-7,11,13H,8-10H2,1-2H3,(H,16,17)(H,18,19). The second-order valence-electron chi connectivity index (χ2n) is 5.04. The predicted octanol–water partition coefficient (Wildman–Crippen LogP) is 2.41. The van der Waals surface area contributed by atoms with Crippen LogP contribution in [0.5, 0.6) is 0 Å². The molecule has 0 aliphatic heterocycles. The maximum atomic E-state index is 11.6. The van der Waals surface area contributed by atoms with Crippen molar-refractivity contribution in [3.05, 3.63) is 35.9 Å². The fourth-order valence-electron chi connectivity index (χ4n) is 1.76. The lowest BCUT2D eigenvalue weighted by Gasteiger charge is -2.14. The summed E-state index contributed by atoms with van der Waals surface area (Å²) in [5, 5.41) is 11.9. The van der Waals surface area contributed by atoms with E-state index in [2.05, 4.69) is 19.2 Å². The van der Waals surface area contributed by atoms with Gasteiger partial charge < -0.3 is 10.4 Å². The molecule has 1 unspecified atom stereocenters. The second-order valence-corrected chi connectivity index (χ2v) is 5.04. The van der Waals surface area contributed by atoms with Gasteiger partial charge in [-0.1, -0.05) is 44.2 Å². The molecule has 1 amide bonds. The Labute approximate surface area is 113 Å². The van der Waals surface area contributed by atoms with E-state index >= 15 is 0 Å². The van der Waals surface area contributed by atoms with Gasteiger partial charge in [-0.25, -0.2) is 0 Å². The van der Waals surface area contributed by atoms with E-state index in [4.69, 9.17) is 0 Å². The van der Waals surface area contributed by atoms with Crippen molar-refractivity contribution in [2.45, 2.75) is 32.6 Å². The van der Waals surface area contributed by atoms with Crippen molar-refractivity contribution >= 4 is 11.9 Å². The van der Waals surface area contributed by atoms with Crippen molar-refractivity contribution in [2.75, 3.05) is 6.54 Å². The molecule has 0 saturated carbocycles. The lowest BCUT2D eigenvalue weighted by Crippen LogP contribution is -2.31. The summed E-state index contributed by atoms with van der Waals surface area (Å²) in [5.41, 5.74) is 0.708. The van der Waals surface area contributed by atoms with Crippen LogP contribution < -0.4 is 5.32 Å². The van der Waals surface area contributed by atoms with E-state index in [1.165, 1.54) is 0 Å². The van der Waals surface area contributed by atoms with Crippen molar-refractivity contribution in [3.63, 3.8) is 0 Å². The number of benzene rings is 1. The number of rotatable bonds is 7. The molecule has 104 valence electrons. The van der Waals surface area contributed by atoms with Crippen LogP contribution in [0.4, 0.5) is 0 Å². The Kier molecular flexibility index (Phi) is 6.06. The average Bonchev–Trinajstić information content (AvgIpc) is 2.37. The Morgan fingerprint density at radius 2 is 1.84 bits per heavy atom. The van der Waals surface area contributed by atoms with Gasteiger partial charge in [0.15, 0.2) is 0 Å². The predicted molar refractivity (Wildman–Crippen MR) is 73.9 cm³/mol. The lowest BCUT2D eigenvalue weighted by atomic mass is 9.99. The van der Waals surface area contributed by atoms with E-state index < -0.39 is 11.9 Å². The van der Waals surface area contributed by atoms with E-state index in [-0.39, 0.29) is 12.5 Å². The third kappa shape index (κ3) is 5.55. The lowest BCUT2D eigenvalue weighted by molar-refractivity contribution is -0.138. The van der Waals surface area contributed by atoms with Crippen LogP contribution in [-0.4, -0.2) is 23.5 Å². The maximum Gasteiger partial charge on any atom is 0.312 e. The van der Waals surface area contributed by atoms with Gasteiger partial charge in [-0.2, -0.15) is 0 Å². The highest BCUT2D eigenvalue weighted by molar-refractivity contribution is 5.79. The van der Waals surface area contributed by atoms with E-state index in [1.54, 1.807) is 24.3 Å². The van der Waals surface area contributed by atoms with Crippen LogP contribution in [0.3, 0.4) is 0 Å². The average molecular weight is 263 g/mol. The highest BCUT2D eigenvalue weighted by Crippen LogP contribution is 2.15. The first-order valence-corrected chi connectivity index (χ1v) is 6.55. The molecule has 0 spiro atoms. The summed E-state index contributed by atoms with van der Waals surface area (Å²) in [7, 11) is 0. The maximum absolute atomic E-state index is 11.6. The topological polar surface area (TPSA) is 66.4 Å². The molecule has 0 aliphatic carbocycles. The molecular weight excluding hydrogens is 242 g/mol. The number of amides is 1. The van der Waals surface area contributed by atoms with Crippen molar-refractivity contribution < 1.29 is 14.7 Å². The van der Waals surface area contributed by atoms with Crippen LogP contribution in [-0.2, 0) is 9.59 Å². The van der Waals surface area contributed by atoms with Gasteiger partial charge in [-0.15, -0.1) is 0 Å². The molecule has 1 rings (SSSR count). The molecule has 4 nitrogen and oxygen atoms in total. The zero-order chi connectivity index (χ0) is 14.3. The van der Waals surface area contributed by atoms with Crippen molar-refractivity contribution in [1.29, 1.82) is 0 Å². The molecule has 0 fully saturated rings. The van der Waals surface area contributed by atoms with Crippen molar-refractivity contribution in [1.82, 2.24) is 5.32 Å². The third-order valence-electron chi connectivity index (χ3n) is 2.95. The Morgan fingerprint density at radius 1 is 1.21 bits per heavy atom. The van der Waals surface area contributed by atoms with Gasteiger partial charge in [0.05, 0.1) is 5.92 Å². The summed E-state index contributed by atoms with van der Waals surface area (Å²) in [6, 6.07) is 8.96. The molecule has 1 aromatic rings. The van der Waals surface area contributed by atoms with Gasteiger partial charge in [0.1, 0.15) is 0 Å². The largest absolute Gasteiger partial charge is 0.481 e. The van der Waals surface area contributed by atoms with E-state index in [1.807, 2.05) is 6.07 Å². The van der Waals surface area contributed by atoms with Crippen LogP contribution in [0.2, 0.25) is 0 Å². The minimum atomic E-state index is -0.921. The summed E-state index contributed by atoms with van der Waals surface area (Å²) in [6.45, 7) is 4.24. The van der Waals surface area contributed by atoms with Gasteiger partial charge in [-0.3, -0.25) is 9.59 Å². The first kappa shape index (κ1) is 15.2. The fourth-order valence-corrected chi connectivity index (χ4v) is 1.76. The number of carbonyl (C=O) groups excluding carboxylic acids is 1. The summed E-state index contributed by atoms with van der Waals surface area (Å²) >= 11 is 0. The second kappa shape index (κ2) is 7.56. The molecule has 0 aromatic heterocycles. The smallest absolute Gasteiger partial charge is 0.312 e. The Balaban J connectivity index is 2.52. The molecule has 2 N–H and O–H groups in total. The van der Waals surface area contributed by atoms with Gasteiger partial charge >= 0.3 is 5.97 Å². The molecule has 4 heteroatoms. The first-order chi connectivity index (χ1) is 9.00. The van der Waals surface area contributed by atoms with Crippen molar-refractivity contribution in [3.8, 4) is 0 Å². The summed E-state index contributed by atoms with van der Waals surface area (Å²) in [5.74, 6) is -1.23. The Bertz CT molecular complexity index is 415. The number of carboxylic acids is 1. The van der Waals surface area contributed by atoms with E-state index in [9.17, 15) is 14.7 Å². The van der Waals surface area contributed by atoms with Crippen LogP contribution in [0.25, 0.3) is 0 Å². The quantitative estimate of drug-likeness (QED) is 0.794. The van der Waals surface area contributed by atoms with Gasteiger partial charge in [0.2, 0.25) is 5.91 Å². The summed E-state index contributed by atoms with van der Waals surface area (Å²) in [4.78, 5) is 22.8. The molecule has 0 heterocycles. The van der Waals surface area contributed by atoms with Gasteiger partial charge in [0, 0.05) is 13.0 Å². The number of nitrogens with one attached hydrogen (secondary N) is 1. The van der Waals surface area contributed by atoms with Gasteiger partial charge in [-0.05, 0) is 17.9 Å². The number of carboxylic acid groups (broad SMARTS) is 1. The summed E-state index contributed by atoms with van der Waals surface area (Å²) in [6.07, 6.45) is 1.26. The number of hydrogen-bond acceptors (Lipinski definition) is 2. The first-order valence-electron chi connectivity index (χ1n) is 6.55. The summed E-state index contributed by atoms with van der Waals surface area (Å²) < 4.78 is 0. The molecule has 19 heavy (non-hydrogen) atoms. The number of aliphatic carboxylic acids is 1. The molecule has 1 aromatic carbocycles. The highest BCUT2D eigenvalue weighted by atomic mass is 16.4. The minimum Gasteiger partial charge on any atom is -0.481 e. The fraction of sp³-hybridized carbons (Fsp3) is 0.467. The monoisotopic (exact) mass is 263 g/mol. The zero-order valence-corrected chi connectivity index (χ0v) is 11.4. The zero-order valence-electron chi connectivity index (χ0n) is 11.4. The van der Waals surface area contributed by atoms with Crippen molar-refractivity contribution in [2.24, 2.45) is 5.92 Å². The molecular formula is C15H21NO3. The van der Waals surface area contributed by atoms with Gasteiger partial charge in [0.25, 0.3) is 0 Å². The van der Waals surface area contributed by atoms with Crippen LogP contribution >= 0.6 is 0 Å². The Morgan fingerprint density at radius 3 is 2.37 bits per heavy atom. The third-order valence-corrected chi connectivity index (χ3v) is 2.95. The number of hydrogen-bond donors (Lipinski definition) is 2. The van der Waals surface area contributed by atoms with Crippen LogP contribution in [0.1, 0.15) is 38.2 Å². The Hall–Kier alpha value is -1.84. The van der Waals surface area contributed by atoms with Crippen LogP contribution in [0.15, 0.2) is 30.3 Å². The minimum absolute atomic E-state index is 0.0871. The molecule has 0 saturated heterocycles. The normalized spacial score (nSPS) is 12.2. The molecule has 1 atom stereocenters. The highest BCUT2D eigenvalue weighted by Gasteiger charge is 2.20.